The third kappa shape index (κ3) is 6.69. The third-order valence-corrected chi connectivity index (χ3v) is 7.69. The lowest BCUT2D eigenvalue weighted by atomic mass is 9.88. The zero-order valence-corrected chi connectivity index (χ0v) is 23.7. The van der Waals surface area contributed by atoms with Crippen LogP contribution in [0.1, 0.15) is 44.2 Å². The average Bonchev–Trinajstić information content (AvgIpc) is 3.29. The van der Waals surface area contributed by atoms with Gasteiger partial charge in [0.05, 0.1) is 18.1 Å². The summed E-state index contributed by atoms with van der Waals surface area (Å²) in [5, 5.41) is 18.1. The van der Waals surface area contributed by atoms with Gasteiger partial charge in [-0.1, -0.05) is 47.2 Å². The number of nitrogens with zero attached hydrogens (tertiary/aromatic N) is 8. The van der Waals surface area contributed by atoms with Gasteiger partial charge in [-0.15, -0.1) is 10.2 Å². The van der Waals surface area contributed by atoms with E-state index in [0.29, 0.717) is 32.5 Å². The van der Waals surface area contributed by atoms with Crippen LogP contribution in [0.5, 0.6) is 0 Å². The van der Waals surface area contributed by atoms with Crippen LogP contribution in [-0.2, 0) is 14.4 Å². The lowest BCUT2D eigenvalue weighted by Crippen LogP contribution is -2.54. The maximum Gasteiger partial charge on any atom is 0.279 e. The number of hydrazine groups is 2. The van der Waals surface area contributed by atoms with Crippen LogP contribution in [0.15, 0.2) is 66.7 Å². The van der Waals surface area contributed by atoms with Gasteiger partial charge in [-0.05, 0) is 25.3 Å². The Labute approximate surface area is 246 Å². The first-order valence-corrected chi connectivity index (χ1v) is 13.5. The van der Waals surface area contributed by atoms with E-state index in [4.69, 9.17) is 34.7 Å². The molecular weight excluding hydrogens is 568 g/mol. The second kappa shape index (κ2) is 13.0. The van der Waals surface area contributed by atoms with Gasteiger partial charge in [0.1, 0.15) is 0 Å². The minimum atomic E-state index is -1.24. The van der Waals surface area contributed by atoms with Gasteiger partial charge in [0.15, 0.2) is 17.0 Å². The molecule has 224 valence electrons. The molecular formula is C24H33ClN14O3. The van der Waals surface area contributed by atoms with Crippen molar-refractivity contribution < 1.29 is 14.4 Å². The molecule has 0 bridgehead atoms. The molecule has 42 heavy (non-hydrogen) atoms. The number of hydrogen-bond acceptors (Lipinski definition) is 11. The minimum Gasteiger partial charge on any atom is -0.355 e. The molecule has 9 N–H and O–H groups in total. The van der Waals surface area contributed by atoms with Gasteiger partial charge >= 0.3 is 0 Å². The van der Waals surface area contributed by atoms with Crippen LogP contribution in [0.4, 0.5) is 0 Å². The van der Waals surface area contributed by atoms with E-state index in [2.05, 4.69) is 36.1 Å². The summed E-state index contributed by atoms with van der Waals surface area (Å²) in [7, 11) is 0. The summed E-state index contributed by atoms with van der Waals surface area (Å²) in [5.41, 5.74) is 7.74. The average molecular weight is 601 g/mol. The molecule has 0 radical (unpaired) electrons. The molecule has 2 fully saturated rings. The molecule has 18 heteroatoms. The molecule has 0 aromatic heterocycles. The number of piperidine rings is 1. The highest BCUT2D eigenvalue weighted by atomic mass is 35.5. The molecule has 1 aromatic rings. The Morgan fingerprint density at radius 1 is 1.24 bits per heavy atom. The predicted molar refractivity (Wildman–Crippen MR) is 152 cm³/mol. The Balaban J connectivity index is 1.30. The van der Waals surface area contributed by atoms with E-state index in [-0.39, 0.29) is 53.5 Å². The maximum absolute atomic E-state index is 12.9. The number of amides is 3. The van der Waals surface area contributed by atoms with E-state index in [1.165, 1.54) is 10.0 Å². The number of likely N-dealkylation sites (tertiary alicyclic amines) is 1. The van der Waals surface area contributed by atoms with Gasteiger partial charge in [0, 0.05) is 25.9 Å². The van der Waals surface area contributed by atoms with Crippen molar-refractivity contribution in [2.75, 3.05) is 19.6 Å². The van der Waals surface area contributed by atoms with E-state index < -0.39 is 17.5 Å². The van der Waals surface area contributed by atoms with Gasteiger partial charge in [-0.2, -0.15) is 4.99 Å². The van der Waals surface area contributed by atoms with Crippen LogP contribution in [-0.4, -0.2) is 75.6 Å². The molecule has 1 aromatic carbocycles. The van der Waals surface area contributed by atoms with Gasteiger partial charge < -0.3 is 21.4 Å². The number of aliphatic imine (C=N–C) groups is 2. The van der Waals surface area contributed by atoms with Crippen molar-refractivity contribution >= 4 is 41.1 Å². The number of amidine groups is 1. The van der Waals surface area contributed by atoms with Crippen molar-refractivity contribution in [1.29, 1.82) is 5.53 Å². The second-order valence-corrected chi connectivity index (χ2v) is 10.5. The minimum absolute atomic E-state index is 0.00276. The topological polar surface area (TPSA) is 249 Å². The Hall–Kier alpha value is -4.48. The van der Waals surface area contributed by atoms with Crippen molar-refractivity contribution in [3.05, 3.63) is 46.9 Å². The van der Waals surface area contributed by atoms with Crippen molar-refractivity contribution in [2.24, 2.45) is 43.0 Å². The highest BCUT2D eigenvalue weighted by Gasteiger charge is 2.44. The van der Waals surface area contributed by atoms with Crippen LogP contribution in [0.2, 0.25) is 0 Å². The number of rotatable bonds is 7. The molecule has 1 spiro atoms. The number of nitrogens with two attached hydrogens (primary N) is 3. The Bertz CT molecular complexity index is 1340. The van der Waals surface area contributed by atoms with Crippen LogP contribution in [0.25, 0.3) is 0 Å². The van der Waals surface area contributed by atoms with Gasteiger partial charge in [0.25, 0.3) is 5.91 Å². The van der Waals surface area contributed by atoms with Crippen LogP contribution in [0.3, 0.4) is 0 Å². The molecule has 0 saturated carbocycles. The predicted octanol–water partition coefficient (Wildman–Crippen LogP) is 0.345. The molecule has 3 aliphatic heterocycles. The van der Waals surface area contributed by atoms with Crippen molar-refractivity contribution in [2.45, 2.75) is 50.2 Å². The number of guanidine groups is 1. The molecule has 3 amide bonds. The van der Waals surface area contributed by atoms with E-state index in [9.17, 15) is 14.4 Å². The SMILES string of the molecule is C[C@H](c1ccccc1)N(N)C(=O)CCC(=O)N1CCC2(CC1)CN(N)/C(=N\C(=O)C1NC(Cl)=C(N=NN)N=C1N=N)N2. The summed E-state index contributed by atoms with van der Waals surface area (Å²) >= 11 is 6.06. The quantitative estimate of drug-likeness (QED) is 0.0828. The van der Waals surface area contributed by atoms with E-state index >= 15 is 0 Å². The monoisotopic (exact) mass is 600 g/mol. The van der Waals surface area contributed by atoms with Gasteiger partial charge in [-0.25, -0.2) is 22.2 Å². The summed E-state index contributed by atoms with van der Waals surface area (Å²) in [6.07, 6.45) is 1.13. The largest absolute Gasteiger partial charge is 0.355 e. The van der Waals surface area contributed by atoms with Gasteiger partial charge in [-0.3, -0.25) is 24.4 Å². The molecule has 2 atom stereocenters. The number of carbonyl (C=O) groups excluding carboxylic acids is 3. The first kappa shape index (κ1) is 30.5. The standard InChI is InChI=1S/C24H33ClN14O3/c1-14(15-5-3-2-4-6-15)39(29)17(41)8-7-16(40)37-11-9-24(10-12-37)13-38(28)23(33-24)32-22(42)18-20(34-26)31-21(35-36-27)19(25)30-18/h2-6,14,18,26,30H,7-13,28-29H2,1H3,(H2,27,35)(H,32,33,42)/t14-,18?/m1/s1. The lowest BCUT2D eigenvalue weighted by Gasteiger charge is -2.38. The molecule has 4 rings (SSSR count). The smallest absolute Gasteiger partial charge is 0.279 e. The third-order valence-electron chi connectivity index (χ3n) is 7.41. The van der Waals surface area contributed by atoms with E-state index in [1.54, 1.807) is 4.90 Å². The summed E-state index contributed by atoms with van der Waals surface area (Å²) in [6.45, 7) is 3.04. The van der Waals surface area contributed by atoms with Crippen LogP contribution < -0.4 is 28.2 Å². The van der Waals surface area contributed by atoms with E-state index in [1.807, 2.05) is 37.3 Å². The lowest BCUT2D eigenvalue weighted by molar-refractivity contribution is -0.139. The summed E-state index contributed by atoms with van der Waals surface area (Å²) in [5.74, 6) is 15.8. The van der Waals surface area contributed by atoms with Crippen molar-refractivity contribution in [1.82, 2.24) is 25.6 Å². The number of nitrogens with one attached hydrogen (secondary N) is 3. The maximum atomic E-state index is 12.9. The molecule has 1 unspecified atom stereocenters. The van der Waals surface area contributed by atoms with Crippen molar-refractivity contribution in [3.63, 3.8) is 0 Å². The second-order valence-electron chi connectivity index (χ2n) is 10.1. The Morgan fingerprint density at radius 2 is 1.93 bits per heavy atom. The number of halogens is 1. The number of hydrogen-bond donors (Lipinski definition) is 6. The summed E-state index contributed by atoms with van der Waals surface area (Å²) < 4.78 is 0. The Morgan fingerprint density at radius 3 is 2.57 bits per heavy atom. The Kier molecular flexibility index (Phi) is 9.44. The molecule has 3 heterocycles. The van der Waals surface area contributed by atoms with Gasteiger partial charge in [0.2, 0.25) is 23.6 Å². The van der Waals surface area contributed by atoms with Crippen LogP contribution in [0, 0.1) is 5.53 Å². The molecule has 0 aliphatic carbocycles. The first-order chi connectivity index (χ1) is 20.1. The normalized spacial score (nSPS) is 21.7. The zero-order valence-electron chi connectivity index (χ0n) is 22.9. The first-order valence-electron chi connectivity index (χ1n) is 13.1. The number of carbonyl (C=O) groups is 3. The fourth-order valence-electron chi connectivity index (χ4n) is 4.95. The summed E-state index contributed by atoms with van der Waals surface area (Å²) in [6, 6.07) is 7.87. The molecule has 17 nitrogen and oxygen atoms in total. The van der Waals surface area contributed by atoms with Crippen molar-refractivity contribution in [3.8, 4) is 0 Å². The highest BCUT2D eigenvalue weighted by molar-refractivity contribution is 6.30. The molecule has 2 saturated heterocycles. The fourth-order valence-corrected chi connectivity index (χ4v) is 5.14. The molecule has 3 aliphatic rings. The van der Waals surface area contributed by atoms with Crippen LogP contribution >= 0.6 is 11.6 Å². The van der Waals surface area contributed by atoms with E-state index in [0.717, 1.165) is 5.56 Å². The zero-order chi connectivity index (χ0) is 30.4. The fraction of sp³-hybridized carbons (Fsp3) is 0.458. The number of benzene rings is 1. The summed E-state index contributed by atoms with van der Waals surface area (Å²) in [4.78, 5) is 48.2. The highest BCUT2D eigenvalue weighted by Crippen LogP contribution is 2.28.